The third-order valence-corrected chi connectivity index (χ3v) is 4.12. The van der Waals surface area contributed by atoms with Gasteiger partial charge in [-0.3, -0.25) is 4.79 Å². The summed E-state index contributed by atoms with van der Waals surface area (Å²) in [7, 11) is 1.24. The van der Waals surface area contributed by atoms with Crippen molar-refractivity contribution < 1.29 is 23.9 Å². The summed E-state index contributed by atoms with van der Waals surface area (Å²) in [6.07, 6.45) is 0.662. The quantitative estimate of drug-likeness (QED) is 0.740. The molecule has 24 heavy (non-hydrogen) atoms. The summed E-state index contributed by atoms with van der Waals surface area (Å²) in [5.41, 5.74) is -0.0138. The van der Waals surface area contributed by atoms with Crippen LogP contribution in [0.3, 0.4) is 0 Å². The van der Waals surface area contributed by atoms with E-state index in [4.69, 9.17) is 27.9 Å². The number of carbonyl (C=O) groups excluding carboxylic acids is 3. The topological polar surface area (TPSA) is 81.7 Å². The smallest absolute Gasteiger partial charge is 0.341 e. The van der Waals surface area contributed by atoms with Gasteiger partial charge in [0.15, 0.2) is 6.61 Å². The van der Waals surface area contributed by atoms with Crippen molar-refractivity contribution in [2.75, 3.05) is 13.7 Å². The van der Waals surface area contributed by atoms with Crippen molar-refractivity contribution in [1.82, 2.24) is 5.32 Å². The first-order valence-corrected chi connectivity index (χ1v) is 8.05. The van der Waals surface area contributed by atoms with E-state index in [2.05, 4.69) is 10.1 Å². The number of carbonyl (C=O) groups is 3. The molecule has 0 fully saturated rings. The zero-order chi connectivity index (χ0) is 18.3. The molecule has 1 aromatic carbocycles. The summed E-state index contributed by atoms with van der Waals surface area (Å²) >= 11 is 11.8. The normalized spacial score (nSPS) is 12.9. The Bertz CT molecular complexity index is 600. The Labute approximate surface area is 150 Å². The van der Waals surface area contributed by atoms with Gasteiger partial charge < -0.3 is 14.8 Å². The lowest BCUT2D eigenvalue weighted by atomic mass is 9.99. The van der Waals surface area contributed by atoms with Crippen LogP contribution in [-0.4, -0.2) is 37.6 Å². The van der Waals surface area contributed by atoms with Crippen LogP contribution in [0.4, 0.5) is 0 Å². The third kappa shape index (κ3) is 5.39. The second-order valence-electron chi connectivity index (χ2n) is 5.13. The number of nitrogens with one attached hydrogen (secondary N) is 1. The fourth-order valence-corrected chi connectivity index (χ4v) is 2.46. The van der Waals surface area contributed by atoms with Gasteiger partial charge in [0.05, 0.1) is 22.7 Å². The van der Waals surface area contributed by atoms with Crippen LogP contribution in [0.25, 0.3) is 0 Å². The lowest BCUT2D eigenvalue weighted by molar-refractivity contribution is -0.147. The minimum atomic E-state index is -0.820. The minimum absolute atomic E-state index is 0.0138. The van der Waals surface area contributed by atoms with Crippen LogP contribution in [0.5, 0.6) is 0 Å². The van der Waals surface area contributed by atoms with E-state index >= 15 is 0 Å². The average Bonchev–Trinajstić information content (AvgIpc) is 2.56. The van der Waals surface area contributed by atoms with Crippen molar-refractivity contribution in [3.63, 3.8) is 0 Å². The van der Waals surface area contributed by atoms with E-state index in [0.717, 1.165) is 0 Å². The van der Waals surface area contributed by atoms with Gasteiger partial charge in [-0.25, -0.2) is 9.59 Å². The van der Waals surface area contributed by atoms with Crippen LogP contribution in [-0.2, 0) is 19.1 Å². The van der Waals surface area contributed by atoms with Crippen molar-refractivity contribution in [3.05, 3.63) is 33.8 Å². The van der Waals surface area contributed by atoms with Crippen LogP contribution in [0, 0.1) is 5.92 Å². The number of esters is 2. The SMILES string of the molecule is CC[C@H](C)[C@H](NC(=O)COC(=O)c1c(Cl)cccc1Cl)C(=O)OC. The molecule has 0 aliphatic rings. The molecule has 0 radical (unpaired) electrons. The zero-order valence-corrected chi connectivity index (χ0v) is 15.1. The van der Waals surface area contributed by atoms with Gasteiger partial charge in [0.1, 0.15) is 6.04 Å². The summed E-state index contributed by atoms with van der Waals surface area (Å²) in [4.78, 5) is 35.6. The molecule has 0 saturated heterocycles. The summed E-state index contributed by atoms with van der Waals surface area (Å²) in [5, 5.41) is 2.75. The number of rotatable bonds is 7. The molecule has 1 N–H and O–H groups in total. The molecule has 0 aliphatic carbocycles. The van der Waals surface area contributed by atoms with Gasteiger partial charge >= 0.3 is 11.9 Å². The molecule has 6 nitrogen and oxygen atoms in total. The maximum Gasteiger partial charge on any atom is 0.341 e. The van der Waals surface area contributed by atoms with Gasteiger partial charge in [-0.2, -0.15) is 0 Å². The Hall–Kier alpha value is -1.79. The zero-order valence-electron chi connectivity index (χ0n) is 13.6. The van der Waals surface area contributed by atoms with Crippen molar-refractivity contribution in [1.29, 1.82) is 0 Å². The van der Waals surface area contributed by atoms with Gasteiger partial charge in [0, 0.05) is 0 Å². The van der Waals surface area contributed by atoms with Crippen molar-refractivity contribution in [3.8, 4) is 0 Å². The Morgan fingerprint density at radius 2 is 1.79 bits per heavy atom. The van der Waals surface area contributed by atoms with Gasteiger partial charge in [0.25, 0.3) is 5.91 Å². The van der Waals surface area contributed by atoms with Crippen LogP contribution in [0.2, 0.25) is 10.0 Å². The number of ether oxygens (including phenoxy) is 2. The van der Waals surface area contributed by atoms with Gasteiger partial charge in [-0.1, -0.05) is 49.5 Å². The number of methoxy groups -OCH3 is 1. The van der Waals surface area contributed by atoms with Crippen molar-refractivity contribution in [2.45, 2.75) is 26.3 Å². The second kappa shape index (κ2) is 9.49. The molecule has 0 bridgehead atoms. The Kier molecular flexibility index (Phi) is 8.01. The number of hydrogen-bond donors (Lipinski definition) is 1. The summed E-state index contributed by atoms with van der Waals surface area (Å²) in [6.45, 7) is 3.12. The lowest BCUT2D eigenvalue weighted by Crippen LogP contribution is -2.47. The highest BCUT2D eigenvalue weighted by molar-refractivity contribution is 6.39. The first-order chi connectivity index (χ1) is 11.3. The molecule has 2 atom stereocenters. The summed E-state index contributed by atoms with van der Waals surface area (Å²) < 4.78 is 9.57. The van der Waals surface area contributed by atoms with E-state index in [1.807, 2.05) is 6.92 Å². The standard InChI is InChI=1S/C16H19Cl2NO5/c1-4-9(2)14(16(22)23-3)19-12(20)8-24-15(21)13-10(17)6-5-7-11(13)18/h5-7,9,14H,4,8H2,1-3H3,(H,19,20)/t9-,14-/m0/s1. The second-order valence-corrected chi connectivity index (χ2v) is 5.94. The highest BCUT2D eigenvalue weighted by Gasteiger charge is 2.27. The maximum absolute atomic E-state index is 12.0. The van der Waals surface area contributed by atoms with Crippen LogP contribution in [0.15, 0.2) is 18.2 Å². The molecule has 8 heteroatoms. The monoisotopic (exact) mass is 375 g/mol. The number of benzene rings is 1. The van der Waals surface area contributed by atoms with Gasteiger partial charge in [-0.05, 0) is 18.1 Å². The Balaban J connectivity index is 2.68. The van der Waals surface area contributed by atoms with Crippen LogP contribution in [0.1, 0.15) is 30.6 Å². The minimum Gasteiger partial charge on any atom is -0.467 e. The third-order valence-electron chi connectivity index (χ3n) is 3.49. The molecule has 1 rings (SSSR count). The first kappa shape index (κ1) is 20.3. The molecule has 1 aromatic rings. The van der Waals surface area contributed by atoms with E-state index in [0.29, 0.717) is 6.42 Å². The fraction of sp³-hybridized carbons (Fsp3) is 0.438. The molecule has 0 saturated carbocycles. The van der Waals surface area contributed by atoms with E-state index in [1.54, 1.807) is 13.0 Å². The summed E-state index contributed by atoms with van der Waals surface area (Å²) in [5.74, 6) is -2.13. The van der Waals surface area contributed by atoms with E-state index in [9.17, 15) is 14.4 Å². The van der Waals surface area contributed by atoms with Gasteiger partial charge in [-0.15, -0.1) is 0 Å². The first-order valence-electron chi connectivity index (χ1n) is 7.30. The molecular formula is C16H19Cl2NO5. The molecule has 0 unspecified atom stereocenters. The number of halogens is 2. The molecule has 0 heterocycles. The average molecular weight is 376 g/mol. The number of amides is 1. The molecule has 0 aliphatic heterocycles. The largest absolute Gasteiger partial charge is 0.467 e. The van der Waals surface area contributed by atoms with Crippen molar-refractivity contribution >= 4 is 41.0 Å². The predicted octanol–water partition coefficient (Wildman–Crippen LogP) is 2.85. The summed E-state index contributed by atoms with van der Waals surface area (Å²) in [6, 6.07) is 3.75. The fourth-order valence-electron chi connectivity index (χ4n) is 1.91. The molecular weight excluding hydrogens is 357 g/mol. The molecule has 0 spiro atoms. The lowest BCUT2D eigenvalue weighted by Gasteiger charge is -2.21. The van der Waals surface area contributed by atoms with E-state index in [-0.39, 0.29) is 21.5 Å². The molecule has 0 aromatic heterocycles. The van der Waals surface area contributed by atoms with E-state index < -0.39 is 30.5 Å². The molecule has 132 valence electrons. The van der Waals surface area contributed by atoms with E-state index in [1.165, 1.54) is 19.2 Å². The Morgan fingerprint density at radius 1 is 1.21 bits per heavy atom. The van der Waals surface area contributed by atoms with Gasteiger partial charge in [0.2, 0.25) is 0 Å². The highest BCUT2D eigenvalue weighted by atomic mass is 35.5. The van der Waals surface area contributed by atoms with Crippen LogP contribution < -0.4 is 5.32 Å². The maximum atomic E-state index is 12.0. The van der Waals surface area contributed by atoms with Crippen LogP contribution >= 0.6 is 23.2 Å². The number of hydrogen-bond acceptors (Lipinski definition) is 5. The highest BCUT2D eigenvalue weighted by Crippen LogP contribution is 2.24. The predicted molar refractivity (Wildman–Crippen MR) is 90.1 cm³/mol. The Morgan fingerprint density at radius 3 is 2.29 bits per heavy atom. The van der Waals surface area contributed by atoms with Crippen molar-refractivity contribution in [2.24, 2.45) is 5.92 Å². The molecule has 1 amide bonds.